The molecule has 0 radical (unpaired) electrons. The van der Waals surface area contributed by atoms with Gasteiger partial charge in [-0.05, 0) is 37.2 Å². The van der Waals surface area contributed by atoms with Crippen LogP contribution in [0.25, 0.3) is 10.2 Å². The first kappa shape index (κ1) is 14.2. The predicted octanol–water partition coefficient (Wildman–Crippen LogP) is 3.89. The topological polar surface area (TPSA) is 37.8 Å². The zero-order chi connectivity index (χ0) is 14.7. The monoisotopic (exact) mass is 297 g/mol. The Hall–Kier alpha value is -1.78. The van der Waals surface area contributed by atoms with E-state index in [0.717, 1.165) is 24.2 Å². The van der Waals surface area contributed by atoms with Gasteiger partial charge in [-0.15, -0.1) is 11.3 Å². The van der Waals surface area contributed by atoms with Gasteiger partial charge in [-0.25, -0.2) is 4.98 Å². The van der Waals surface area contributed by atoms with Gasteiger partial charge in [0.15, 0.2) is 0 Å². The lowest BCUT2D eigenvalue weighted by Crippen LogP contribution is -2.23. The van der Waals surface area contributed by atoms with Gasteiger partial charge in [0.05, 0.1) is 15.2 Å². The van der Waals surface area contributed by atoms with E-state index in [2.05, 4.69) is 47.6 Å². The fraction of sp³-hybridized carbons (Fsp3) is 0.294. The van der Waals surface area contributed by atoms with Crippen molar-refractivity contribution in [2.75, 3.05) is 6.54 Å². The molecule has 0 saturated heterocycles. The highest BCUT2D eigenvalue weighted by atomic mass is 32.1. The van der Waals surface area contributed by atoms with Crippen LogP contribution in [0, 0.1) is 6.92 Å². The minimum Gasteiger partial charge on any atom is -0.310 e. The van der Waals surface area contributed by atoms with Crippen LogP contribution >= 0.6 is 11.3 Å². The Kier molecular flexibility index (Phi) is 4.27. The van der Waals surface area contributed by atoms with Crippen LogP contribution in [0.2, 0.25) is 0 Å². The average molecular weight is 297 g/mol. The Bertz CT molecular complexity index is 685. The second-order valence-electron chi connectivity index (χ2n) is 5.12. The zero-order valence-corrected chi connectivity index (χ0v) is 13.2. The number of rotatable bonds is 5. The first-order chi connectivity index (χ1) is 10.3. The lowest BCUT2D eigenvalue weighted by Gasteiger charge is -2.16. The Morgan fingerprint density at radius 2 is 2.05 bits per heavy atom. The highest BCUT2D eigenvalue weighted by Gasteiger charge is 2.14. The smallest absolute Gasteiger partial charge is 0.0957 e. The van der Waals surface area contributed by atoms with E-state index in [1.807, 2.05) is 19.2 Å². The number of aryl methyl sites for hydroxylation is 1. The fourth-order valence-electron chi connectivity index (χ4n) is 2.42. The van der Waals surface area contributed by atoms with Gasteiger partial charge >= 0.3 is 0 Å². The van der Waals surface area contributed by atoms with Crippen LogP contribution < -0.4 is 5.32 Å². The maximum Gasteiger partial charge on any atom is 0.0957 e. The molecule has 1 aromatic carbocycles. The van der Waals surface area contributed by atoms with Gasteiger partial charge in [0, 0.05) is 24.4 Å². The molecular weight excluding hydrogens is 278 g/mol. The van der Waals surface area contributed by atoms with Crippen LogP contribution in [-0.4, -0.2) is 16.5 Å². The molecule has 2 aromatic heterocycles. The summed E-state index contributed by atoms with van der Waals surface area (Å²) in [5.41, 5.74) is 3.37. The summed E-state index contributed by atoms with van der Waals surface area (Å²) < 4.78 is 1.25. The molecule has 1 atom stereocenters. The molecule has 0 aliphatic carbocycles. The summed E-state index contributed by atoms with van der Waals surface area (Å²) in [6.45, 7) is 5.08. The van der Waals surface area contributed by atoms with Gasteiger partial charge in [0.1, 0.15) is 0 Å². The van der Waals surface area contributed by atoms with Gasteiger partial charge in [-0.3, -0.25) is 4.98 Å². The minimum atomic E-state index is 0.267. The van der Waals surface area contributed by atoms with Gasteiger partial charge in [-0.1, -0.05) is 25.1 Å². The van der Waals surface area contributed by atoms with Crippen LogP contribution in [0.5, 0.6) is 0 Å². The van der Waals surface area contributed by atoms with Crippen LogP contribution in [0.3, 0.4) is 0 Å². The van der Waals surface area contributed by atoms with E-state index in [9.17, 15) is 0 Å². The molecule has 0 aliphatic rings. The third-order valence-electron chi connectivity index (χ3n) is 3.50. The molecule has 0 aliphatic heterocycles. The van der Waals surface area contributed by atoms with Crippen molar-refractivity contribution in [3.63, 3.8) is 0 Å². The summed E-state index contributed by atoms with van der Waals surface area (Å²) in [6.07, 6.45) is 2.87. The molecule has 1 unspecified atom stereocenters. The minimum absolute atomic E-state index is 0.267. The first-order valence-corrected chi connectivity index (χ1v) is 8.08. The number of nitrogens with one attached hydrogen (secondary N) is 1. The Morgan fingerprint density at radius 1 is 1.19 bits per heavy atom. The van der Waals surface area contributed by atoms with Crippen molar-refractivity contribution in [1.82, 2.24) is 15.3 Å². The van der Waals surface area contributed by atoms with Crippen molar-refractivity contribution in [3.05, 3.63) is 58.9 Å². The van der Waals surface area contributed by atoms with Gasteiger partial charge < -0.3 is 5.32 Å². The summed E-state index contributed by atoms with van der Waals surface area (Å²) in [5.74, 6) is 0. The van der Waals surface area contributed by atoms with E-state index in [1.165, 1.54) is 15.3 Å². The number of likely N-dealkylation sites (N-methyl/N-ethyl adjacent to an activating group) is 1. The molecule has 1 N–H and O–H groups in total. The molecular formula is C17H19N3S. The number of fused-ring (bicyclic) bond motifs is 1. The van der Waals surface area contributed by atoms with Crippen LogP contribution in [0.15, 0.2) is 42.6 Å². The molecule has 3 rings (SSSR count). The normalized spacial score (nSPS) is 12.7. The second-order valence-corrected chi connectivity index (χ2v) is 6.24. The van der Waals surface area contributed by atoms with Crippen molar-refractivity contribution in [2.45, 2.75) is 26.3 Å². The Balaban J connectivity index is 1.85. The Labute approximate surface area is 129 Å². The van der Waals surface area contributed by atoms with Crippen LogP contribution in [0.4, 0.5) is 0 Å². The molecule has 3 aromatic rings. The largest absolute Gasteiger partial charge is 0.310 e. The summed E-state index contributed by atoms with van der Waals surface area (Å²) in [5, 5.41) is 4.71. The van der Waals surface area contributed by atoms with Crippen molar-refractivity contribution in [1.29, 1.82) is 0 Å². The van der Waals surface area contributed by atoms with E-state index in [4.69, 9.17) is 4.98 Å². The third kappa shape index (κ3) is 3.28. The van der Waals surface area contributed by atoms with Gasteiger partial charge in [0.25, 0.3) is 0 Å². The molecule has 4 heteroatoms. The predicted molar refractivity (Wildman–Crippen MR) is 88.7 cm³/mol. The van der Waals surface area contributed by atoms with Crippen molar-refractivity contribution < 1.29 is 0 Å². The first-order valence-electron chi connectivity index (χ1n) is 7.26. The average Bonchev–Trinajstić information content (AvgIpc) is 2.90. The lowest BCUT2D eigenvalue weighted by molar-refractivity contribution is 0.547. The molecule has 21 heavy (non-hydrogen) atoms. The molecule has 0 saturated carbocycles. The number of para-hydroxylation sites is 1. The van der Waals surface area contributed by atoms with Crippen molar-refractivity contribution >= 4 is 21.6 Å². The van der Waals surface area contributed by atoms with Gasteiger partial charge in [-0.2, -0.15) is 0 Å². The zero-order valence-electron chi connectivity index (χ0n) is 12.3. The number of nitrogens with zero attached hydrogens (tertiary/aromatic N) is 2. The van der Waals surface area contributed by atoms with E-state index in [0.29, 0.717) is 0 Å². The number of benzene rings is 1. The summed E-state index contributed by atoms with van der Waals surface area (Å²) >= 11 is 1.78. The Morgan fingerprint density at radius 3 is 2.76 bits per heavy atom. The maximum atomic E-state index is 4.74. The van der Waals surface area contributed by atoms with Crippen LogP contribution in [-0.2, 0) is 6.42 Å². The van der Waals surface area contributed by atoms with Crippen LogP contribution in [0.1, 0.15) is 29.2 Å². The second kappa shape index (κ2) is 6.33. The molecule has 3 nitrogen and oxygen atoms in total. The molecule has 2 heterocycles. The third-order valence-corrected chi connectivity index (χ3v) is 4.56. The summed E-state index contributed by atoms with van der Waals surface area (Å²) in [4.78, 5) is 9.15. The number of aromatic nitrogens is 2. The van der Waals surface area contributed by atoms with E-state index >= 15 is 0 Å². The number of thiazole rings is 1. The highest BCUT2D eigenvalue weighted by molar-refractivity contribution is 7.18. The van der Waals surface area contributed by atoms with Crippen molar-refractivity contribution in [2.24, 2.45) is 0 Å². The molecule has 0 spiro atoms. The molecule has 0 bridgehead atoms. The highest BCUT2D eigenvalue weighted by Crippen LogP contribution is 2.26. The quantitative estimate of drug-likeness (QED) is 0.776. The van der Waals surface area contributed by atoms with Crippen molar-refractivity contribution in [3.8, 4) is 0 Å². The van der Waals surface area contributed by atoms with Gasteiger partial charge in [0.2, 0.25) is 0 Å². The number of hydrogen-bond donors (Lipinski definition) is 1. The van der Waals surface area contributed by atoms with E-state index in [1.54, 1.807) is 11.3 Å². The molecule has 0 amide bonds. The maximum absolute atomic E-state index is 4.74. The number of pyridine rings is 1. The standard InChI is InChI=1S/C17H19N3S/c1-3-18-15(13-9-8-12(2)19-11-13)10-17-20-14-6-4-5-7-16(14)21-17/h4-9,11,15,18H,3,10H2,1-2H3. The van der Waals surface area contributed by atoms with E-state index < -0.39 is 0 Å². The summed E-state index contributed by atoms with van der Waals surface area (Å²) in [6, 6.07) is 12.8. The number of hydrogen-bond acceptors (Lipinski definition) is 4. The molecule has 108 valence electrons. The fourth-order valence-corrected chi connectivity index (χ4v) is 3.43. The molecule has 0 fully saturated rings. The lowest BCUT2D eigenvalue weighted by atomic mass is 10.1. The van der Waals surface area contributed by atoms with E-state index in [-0.39, 0.29) is 6.04 Å². The SMILES string of the molecule is CCNC(Cc1nc2ccccc2s1)c1ccc(C)nc1. The summed E-state index contributed by atoms with van der Waals surface area (Å²) in [7, 11) is 0.